The van der Waals surface area contributed by atoms with Crippen LogP contribution < -0.4 is 10.1 Å². The van der Waals surface area contributed by atoms with E-state index in [1.807, 2.05) is 56.3 Å². The highest BCUT2D eigenvalue weighted by molar-refractivity contribution is 5.91. The number of hydrogen-bond acceptors (Lipinski definition) is 3. The lowest BCUT2D eigenvalue weighted by Crippen LogP contribution is -2.19. The molecule has 0 saturated carbocycles. The van der Waals surface area contributed by atoms with Gasteiger partial charge in [-0.05, 0) is 44.0 Å². The fourth-order valence-electron chi connectivity index (χ4n) is 3.75. The fraction of sp³-hybridized carbons (Fsp3) is 0.292. The third-order valence-corrected chi connectivity index (χ3v) is 5.48. The van der Waals surface area contributed by atoms with Gasteiger partial charge in [0.05, 0.1) is 12.7 Å². The number of hydrogen-bond donors (Lipinski definition) is 2. The number of carboxylic acid groups (broad SMARTS) is 1. The first-order valence-electron chi connectivity index (χ1n) is 9.75. The second-order valence-corrected chi connectivity index (χ2v) is 7.28. The summed E-state index contributed by atoms with van der Waals surface area (Å²) in [5, 5.41) is 13.3. The Morgan fingerprint density at radius 2 is 1.83 bits per heavy atom. The maximum atomic E-state index is 12.0. The lowest BCUT2D eigenvalue weighted by molar-refractivity contribution is 0.0694. The van der Waals surface area contributed by atoms with E-state index in [-0.39, 0.29) is 6.04 Å². The zero-order valence-corrected chi connectivity index (χ0v) is 17.4. The van der Waals surface area contributed by atoms with E-state index in [9.17, 15) is 9.90 Å². The molecule has 2 N–H and O–H groups in total. The van der Waals surface area contributed by atoms with Crippen molar-refractivity contribution in [3.63, 3.8) is 0 Å². The zero-order chi connectivity index (χ0) is 21.0. The van der Waals surface area contributed by atoms with Crippen LogP contribution >= 0.6 is 0 Å². The van der Waals surface area contributed by atoms with Gasteiger partial charge in [-0.25, -0.2) is 4.79 Å². The molecule has 1 heterocycles. The molecule has 0 radical (unpaired) electrons. The first-order valence-corrected chi connectivity index (χ1v) is 9.75. The Hall–Kier alpha value is -3.05. The van der Waals surface area contributed by atoms with E-state index in [4.69, 9.17) is 4.74 Å². The third kappa shape index (κ3) is 4.51. The third-order valence-electron chi connectivity index (χ3n) is 5.48. The summed E-state index contributed by atoms with van der Waals surface area (Å²) in [5.41, 5.74) is 5.20. The molecule has 0 aliphatic rings. The number of nitrogens with one attached hydrogen (secondary N) is 1. The minimum absolute atomic E-state index is 0.124. The Morgan fingerprint density at radius 3 is 2.48 bits per heavy atom. The number of rotatable bonds is 8. The molecule has 3 aromatic rings. The zero-order valence-electron chi connectivity index (χ0n) is 17.4. The first-order chi connectivity index (χ1) is 13.9. The Morgan fingerprint density at radius 1 is 1.10 bits per heavy atom. The van der Waals surface area contributed by atoms with Gasteiger partial charge in [0.1, 0.15) is 5.75 Å². The lowest BCUT2D eigenvalue weighted by Gasteiger charge is -2.15. The molecule has 1 atom stereocenters. The van der Waals surface area contributed by atoms with Crippen molar-refractivity contribution in [3.8, 4) is 5.75 Å². The average Bonchev–Trinajstić information content (AvgIpc) is 2.97. The Bertz CT molecular complexity index is 993. The quantitative estimate of drug-likeness (QED) is 0.583. The molecule has 1 aromatic heterocycles. The molecule has 5 nitrogen and oxygen atoms in total. The van der Waals surface area contributed by atoms with E-state index in [2.05, 4.69) is 28.9 Å². The van der Waals surface area contributed by atoms with Crippen LogP contribution in [0.5, 0.6) is 5.75 Å². The Kier molecular flexibility index (Phi) is 6.39. The molecule has 0 spiro atoms. The molecule has 0 fully saturated rings. The second kappa shape index (κ2) is 8.97. The molecule has 3 rings (SSSR count). The van der Waals surface area contributed by atoms with Crippen LogP contribution in [0, 0.1) is 13.8 Å². The molecule has 152 valence electrons. The summed E-state index contributed by atoms with van der Waals surface area (Å²) in [6, 6.07) is 18.1. The molecule has 0 bridgehead atoms. The number of ether oxygens (including phenoxy) is 1. The van der Waals surface area contributed by atoms with E-state index in [0.717, 1.165) is 28.3 Å². The molecule has 5 heteroatoms. The van der Waals surface area contributed by atoms with Crippen LogP contribution in [0.3, 0.4) is 0 Å². The molecule has 1 unspecified atom stereocenters. The van der Waals surface area contributed by atoms with Crippen molar-refractivity contribution < 1.29 is 14.6 Å². The lowest BCUT2D eigenvalue weighted by atomic mass is 10.1. The van der Waals surface area contributed by atoms with Crippen LogP contribution in [0.25, 0.3) is 0 Å². The van der Waals surface area contributed by atoms with Gasteiger partial charge in [-0.2, -0.15) is 0 Å². The smallest absolute Gasteiger partial charge is 0.337 e. The van der Waals surface area contributed by atoms with Gasteiger partial charge in [-0.1, -0.05) is 42.5 Å². The number of carbonyl (C=O) groups is 1. The van der Waals surface area contributed by atoms with Gasteiger partial charge in [-0.3, -0.25) is 0 Å². The molecule has 0 aliphatic heterocycles. The monoisotopic (exact) mass is 392 g/mol. The number of aromatic carboxylic acids is 1. The van der Waals surface area contributed by atoms with Crippen molar-refractivity contribution in [2.45, 2.75) is 39.9 Å². The highest BCUT2D eigenvalue weighted by atomic mass is 16.5. The van der Waals surface area contributed by atoms with Crippen molar-refractivity contribution in [1.29, 1.82) is 0 Å². The first kappa shape index (κ1) is 20.7. The van der Waals surface area contributed by atoms with Crippen LogP contribution in [-0.4, -0.2) is 22.8 Å². The summed E-state index contributed by atoms with van der Waals surface area (Å²) in [5.74, 6) is -0.0962. The molecule has 0 amide bonds. The molecule has 29 heavy (non-hydrogen) atoms. The summed E-state index contributed by atoms with van der Waals surface area (Å²) in [7, 11) is 1.64. The minimum Gasteiger partial charge on any atom is -0.497 e. The van der Waals surface area contributed by atoms with Crippen LogP contribution in [0.15, 0.2) is 54.6 Å². The predicted octanol–water partition coefficient (Wildman–Crippen LogP) is 4.71. The SMILES string of the molecule is COc1cccc(Cn2c(C)c(CNC(C)c3ccccc3)c(C(=O)O)c2C)c1. The number of aromatic nitrogens is 1. The summed E-state index contributed by atoms with van der Waals surface area (Å²) in [6.45, 7) is 7.05. The van der Waals surface area contributed by atoms with Crippen molar-refractivity contribution in [2.24, 2.45) is 0 Å². The van der Waals surface area contributed by atoms with Gasteiger partial charge >= 0.3 is 5.97 Å². The van der Waals surface area contributed by atoms with Gasteiger partial charge in [-0.15, -0.1) is 0 Å². The fourth-order valence-corrected chi connectivity index (χ4v) is 3.75. The summed E-state index contributed by atoms with van der Waals surface area (Å²) in [6.07, 6.45) is 0. The van der Waals surface area contributed by atoms with E-state index >= 15 is 0 Å². The number of carboxylic acids is 1. The van der Waals surface area contributed by atoms with Crippen LogP contribution in [0.4, 0.5) is 0 Å². The Balaban J connectivity index is 1.88. The van der Waals surface area contributed by atoms with Crippen molar-refractivity contribution in [1.82, 2.24) is 9.88 Å². The number of benzene rings is 2. The van der Waals surface area contributed by atoms with Gasteiger partial charge in [0.25, 0.3) is 0 Å². The predicted molar refractivity (Wildman–Crippen MR) is 115 cm³/mol. The standard InChI is InChI=1S/C24H28N2O3/c1-16(20-10-6-5-7-11-20)25-14-22-17(2)26(18(3)23(22)24(27)28)15-19-9-8-12-21(13-19)29-4/h5-13,16,25H,14-15H2,1-4H3,(H,27,28). The van der Waals surface area contributed by atoms with Crippen LogP contribution in [0.1, 0.15) is 51.4 Å². The molecule has 0 aliphatic carbocycles. The van der Waals surface area contributed by atoms with E-state index in [1.54, 1.807) is 7.11 Å². The largest absolute Gasteiger partial charge is 0.497 e. The van der Waals surface area contributed by atoms with E-state index in [0.29, 0.717) is 18.7 Å². The summed E-state index contributed by atoms with van der Waals surface area (Å²) >= 11 is 0. The van der Waals surface area contributed by atoms with Crippen molar-refractivity contribution >= 4 is 5.97 Å². The summed E-state index contributed by atoms with van der Waals surface area (Å²) in [4.78, 5) is 12.0. The normalized spacial score (nSPS) is 12.0. The van der Waals surface area contributed by atoms with Crippen molar-refractivity contribution in [3.05, 3.63) is 88.2 Å². The highest BCUT2D eigenvalue weighted by Crippen LogP contribution is 2.25. The Labute approximate surface area is 172 Å². The number of nitrogens with zero attached hydrogens (tertiary/aromatic N) is 1. The number of methoxy groups -OCH3 is 1. The molecular formula is C24H28N2O3. The van der Waals surface area contributed by atoms with Crippen molar-refractivity contribution in [2.75, 3.05) is 7.11 Å². The molecule has 2 aromatic carbocycles. The van der Waals surface area contributed by atoms with Gasteiger partial charge in [0.15, 0.2) is 0 Å². The summed E-state index contributed by atoms with van der Waals surface area (Å²) < 4.78 is 7.39. The second-order valence-electron chi connectivity index (χ2n) is 7.28. The maximum absolute atomic E-state index is 12.0. The van der Waals surface area contributed by atoms with Gasteiger partial charge < -0.3 is 19.7 Å². The minimum atomic E-state index is -0.890. The maximum Gasteiger partial charge on any atom is 0.337 e. The molecular weight excluding hydrogens is 364 g/mol. The average molecular weight is 392 g/mol. The molecule has 0 saturated heterocycles. The van der Waals surface area contributed by atoms with Crippen LogP contribution in [0.2, 0.25) is 0 Å². The van der Waals surface area contributed by atoms with Gasteiger partial charge in [0.2, 0.25) is 0 Å². The topological polar surface area (TPSA) is 63.5 Å². The van der Waals surface area contributed by atoms with E-state index < -0.39 is 5.97 Å². The van der Waals surface area contributed by atoms with Gasteiger partial charge in [0, 0.05) is 36.1 Å². The highest BCUT2D eigenvalue weighted by Gasteiger charge is 2.23. The van der Waals surface area contributed by atoms with Crippen LogP contribution in [-0.2, 0) is 13.1 Å². The van der Waals surface area contributed by atoms with E-state index in [1.165, 1.54) is 5.56 Å².